The molecule has 7 heteroatoms. The molecular weight excluding hydrogens is 294 g/mol. The molecule has 0 atom stereocenters. The Morgan fingerprint density at radius 1 is 1.30 bits per heavy atom. The highest BCUT2D eigenvalue weighted by Gasteiger charge is 2.21. The van der Waals surface area contributed by atoms with Gasteiger partial charge in [-0.2, -0.15) is 0 Å². The van der Waals surface area contributed by atoms with Crippen molar-refractivity contribution in [2.75, 3.05) is 7.11 Å². The number of aromatic nitrogens is 4. The predicted octanol–water partition coefficient (Wildman–Crippen LogP) is 1.66. The van der Waals surface area contributed by atoms with Crippen molar-refractivity contribution >= 4 is 5.91 Å². The molecule has 1 aliphatic rings. The zero-order chi connectivity index (χ0) is 16.1. The van der Waals surface area contributed by atoms with Crippen LogP contribution in [0.4, 0.5) is 0 Å². The van der Waals surface area contributed by atoms with Crippen molar-refractivity contribution in [1.82, 2.24) is 25.5 Å². The SMILES string of the molecule is COc1ccc(CC(=O)NCc2nnnn2C2CCCC2)cc1. The Morgan fingerprint density at radius 3 is 2.74 bits per heavy atom. The van der Waals surface area contributed by atoms with Crippen LogP contribution in [0.25, 0.3) is 0 Å². The fourth-order valence-corrected chi connectivity index (χ4v) is 2.93. The van der Waals surface area contributed by atoms with E-state index in [0.29, 0.717) is 19.0 Å². The molecule has 1 fully saturated rings. The van der Waals surface area contributed by atoms with E-state index in [0.717, 1.165) is 30.0 Å². The van der Waals surface area contributed by atoms with E-state index < -0.39 is 0 Å². The third-order valence-corrected chi connectivity index (χ3v) is 4.20. The summed E-state index contributed by atoms with van der Waals surface area (Å²) in [7, 11) is 1.62. The number of nitrogens with zero attached hydrogens (tertiary/aromatic N) is 4. The van der Waals surface area contributed by atoms with Gasteiger partial charge in [0.05, 0.1) is 26.1 Å². The van der Waals surface area contributed by atoms with Gasteiger partial charge in [0.1, 0.15) is 5.75 Å². The third kappa shape index (κ3) is 3.85. The molecule has 0 unspecified atom stereocenters. The molecular formula is C16H21N5O2. The number of carbonyl (C=O) groups excluding carboxylic acids is 1. The highest BCUT2D eigenvalue weighted by Crippen LogP contribution is 2.28. The second-order valence-electron chi connectivity index (χ2n) is 5.78. The highest BCUT2D eigenvalue weighted by molar-refractivity contribution is 5.78. The lowest BCUT2D eigenvalue weighted by atomic mass is 10.1. The summed E-state index contributed by atoms with van der Waals surface area (Å²) in [6, 6.07) is 7.85. The molecule has 1 aliphatic carbocycles. The van der Waals surface area contributed by atoms with Gasteiger partial charge in [0.2, 0.25) is 5.91 Å². The summed E-state index contributed by atoms with van der Waals surface area (Å²) in [6.45, 7) is 0.360. The molecule has 1 saturated carbocycles. The Labute approximate surface area is 135 Å². The molecule has 0 radical (unpaired) electrons. The van der Waals surface area contributed by atoms with E-state index in [2.05, 4.69) is 20.8 Å². The third-order valence-electron chi connectivity index (χ3n) is 4.20. The quantitative estimate of drug-likeness (QED) is 0.876. The molecule has 1 aromatic carbocycles. The Balaban J connectivity index is 1.53. The standard InChI is InChI=1S/C16H21N5O2/c1-23-14-8-6-12(7-9-14)10-16(22)17-11-15-18-19-20-21(15)13-4-2-3-5-13/h6-9,13H,2-5,10-11H2,1H3,(H,17,22). The molecule has 3 rings (SSSR count). The maximum Gasteiger partial charge on any atom is 0.224 e. The Bertz CT molecular complexity index is 647. The lowest BCUT2D eigenvalue weighted by Gasteiger charge is -2.11. The molecule has 7 nitrogen and oxygen atoms in total. The first-order valence-electron chi connectivity index (χ1n) is 7.92. The van der Waals surface area contributed by atoms with Gasteiger partial charge in [-0.3, -0.25) is 4.79 Å². The zero-order valence-corrected chi connectivity index (χ0v) is 13.2. The minimum Gasteiger partial charge on any atom is -0.497 e. The van der Waals surface area contributed by atoms with Crippen LogP contribution in [-0.4, -0.2) is 33.2 Å². The van der Waals surface area contributed by atoms with Crippen LogP contribution in [0.1, 0.15) is 43.1 Å². The molecule has 1 amide bonds. The van der Waals surface area contributed by atoms with E-state index >= 15 is 0 Å². The normalized spacial score (nSPS) is 14.8. The lowest BCUT2D eigenvalue weighted by molar-refractivity contribution is -0.120. The van der Waals surface area contributed by atoms with Gasteiger partial charge in [-0.05, 0) is 41.0 Å². The lowest BCUT2D eigenvalue weighted by Crippen LogP contribution is -2.27. The van der Waals surface area contributed by atoms with E-state index in [9.17, 15) is 4.79 Å². The largest absolute Gasteiger partial charge is 0.497 e. The number of hydrogen-bond acceptors (Lipinski definition) is 5. The molecule has 1 N–H and O–H groups in total. The van der Waals surface area contributed by atoms with Crippen LogP contribution in [-0.2, 0) is 17.8 Å². The van der Waals surface area contributed by atoms with Crippen molar-refractivity contribution in [2.45, 2.75) is 44.7 Å². The maximum atomic E-state index is 12.1. The van der Waals surface area contributed by atoms with E-state index in [1.807, 2.05) is 28.9 Å². The second-order valence-corrected chi connectivity index (χ2v) is 5.78. The van der Waals surface area contributed by atoms with Gasteiger partial charge in [-0.15, -0.1) is 5.10 Å². The minimum absolute atomic E-state index is 0.0452. The summed E-state index contributed by atoms with van der Waals surface area (Å²) < 4.78 is 6.97. The van der Waals surface area contributed by atoms with E-state index in [4.69, 9.17) is 4.74 Å². The van der Waals surface area contributed by atoms with Crippen molar-refractivity contribution < 1.29 is 9.53 Å². The van der Waals surface area contributed by atoms with Gasteiger partial charge < -0.3 is 10.1 Å². The van der Waals surface area contributed by atoms with Gasteiger partial charge in [-0.25, -0.2) is 4.68 Å². The summed E-state index contributed by atoms with van der Waals surface area (Å²) >= 11 is 0. The van der Waals surface area contributed by atoms with Crippen molar-refractivity contribution in [2.24, 2.45) is 0 Å². The fourth-order valence-electron chi connectivity index (χ4n) is 2.93. The van der Waals surface area contributed by atoms with Crippen LogP contribution in [0.2, 0.25) is 0 Å². The van der Waals surface area contributed by atoms with Crippen LogP contribution in [0.3, 0.4) is 0 Å². The number of benzene rings is 1. The van der Waals surface area contributed by atoms with Crippen LogP contribution < -0.4 is 10.1 Å². The number of amides is 1. The monoisotopic (exact) mass is 315 g/mol. The summed E-state index contributed by atoms with van der Waals surface area (Å²) in [5.74, 6) is 1.46. The van der Waals surface area contributed by atoms with E-state index in [1.54, 1.807) is 7.11 Å². The van der Waals surface area contributed by atoms with Crippen molar-refractivity contribution in [3.05, 3.63) is 35.7 Å². The number of ether oxygens (including phenoxy) is 1. The predicted molar refractivity (Wildman–Crippen MR) is 83.9 cm³/mol. The fraction of sp³-hybridized carbons (Fsp3) is 0.500. The highest BCUT2D eigenvalue weighted by atomic mass is 16.5. The van der Waals surface area contributed by atoms with Crippen LogP contribution >= 0.6 is 0 Å². The Morgan fingerprint density at radius 2 is 2.04 bits per heavy atom. The Kier molecular flexibility index (Phi) is 4.85. The molecule has 2 aromatic rings. The average molecular weight is 315 g/mol. The van der Waals surface area contributed by atoms with Gasteiger partial charge >= 0.3 is 0 Å². The summed E-state index contributed by atoms with van der Waals surface area (Å²) in [6.07, 6.45) is 4.98. The van der Waals surface area contributed by atoms with E-state index in [-0.39, 0.29) is 5.91 Å². The summed E-state index contributed by atoms with van der Waals surface area (Å²) in [4.78, 5) is 12.1. The van der Waals surface area contributed by atoms with Crippen LogP contribution in [0.15, 0.2) is 24.3 Å². The molecule has 0 aliphatic heterocycles. The van der Waals surface area contributed by atoms with Gasteiger partial charge in [0, 0.05) is 0 Å². The molecule has 0 bridgehead atoms. The minimum atomic E-state index is -0.0452. The number of tetrazole rings is 1. The van der Waals surface area contributed by atoms with E-state index in [1.165, 1.54) is 12.8 Å². The second kappa shape index (κ2) is 7.21. The van der Waals surface area contributed by atoms with Crippen molar-refractivity contribution in [1.29, 1.82) is 0 Å². The summed E-state index contributed by atoms with van der Waals surface area (Å²) in [5, 5.41) is 14.7. The molecule has 1 aromatic heterocycles. The van der Waals surface area contributed by atoms with Gasteiger partial charge in [0.15, 0.2) is 5.82 Å². The van der Waals surface area contributed by atoms with Crippen LogP contribution in [0, 0.1) is 0 Å². The van der Waals surface area contributed by atoms with Gasteiger partial charge in [0.25, 0.3) is 0 Å². The first-order chi connectivity index (χ1) is 11.3. The average Bonchev–Trinajstić information content (AvgIpc) is 3.24. The topological polar surface area (TPSA) is 81.9 Å². The van der Waals surface area contributed by atoms with Crippen LogP contribution in [0.5, 0.6) is 5.75 Å². The molecule has 23 heavy (non-hydrogen) atoms. The first-order valence-corrected chi connectivity index (χ1v) is 7.92. The Hall–Kier alpha value is -2.44. The number of methoxy groups -OCH3 is 1. The zero-order valence-electron chi connectivity index (χ0n) is 13.2. The molecule has 0 saturated heterocycles. The number of hydrogen-bond donors (Lipinski definition) is 1. The number of nitrogens with one attached hydrogen (secondary N) is 1. The molecule has 0 spiro atoms. The van der Waals surface area contributed by atoms with Crippen molar-refractivity contribution in [3.8, 4) is 5.75 Å². The van der Waals surface area contributed by atoms with Gasteiger partial charge in [-0.1, -0.05) is 25.0 Å². The number of rotatable bonds is 6. The smallest absolute Gasteiger partial charge is 0.224 e. The first kappa shape index (κ1) is 15.5. The van der Waals surface area contributed by atoms with Crippen molar-refractivity contribution in [3.63, 3.8) is 0 Å². The molecule has 1 heterocycles. The molecule has 122 valence electrons. The maximum absolute atomic E-state index is 12.1. The summed E-state index contributed by atoms with van der Waals surface area (Å²) in [5.41, 5.74) is 0.943. The number of carbonyl (C=O) groups is 1.